The van der Waals surface area contributed by atoms with Crippen molar-refractivity contribution in [3.05, 3.63) is 33.8 Å². The van der Waals surface area contributed by atoms with Gasteiger partial charge < -0.3 is 4.90 Å². The number of rotatable bonds is 1. The Morgan fingerprint density at radius 3 is 2.75 bits per heavy atom. The molecule has 1 atom stereocenters. The molecule has 2 aliphatic rings. The van der Waals surface area contributed by atoms with Crippen LogP contribution >= 0.6 is 11.6 Å². The maximum absolute atomic E-state index is 12.5. The van der Waals surface area contributed by atoms with Gasteiger partial charge >= 0.3 is 0 Å². The van der Waals surface area contributed by atoms with Crippen molar-refractivity contribution in [1.82, 2.24) is 10.2 Å². The number of imide groups is 1. The van der Waals surface area contributed by atoms with E-state index in [4.69, 9.17) is 11.6 Å². The molecule has 6 heteroatoms. The highest BCUT2D eigenvalue weighted by molar-refractivity contribution is 6.35. The summed E-state index contributed by atoms with van der Waals surface area (Å²) in [6.45, 7) is 2.20. The Labute approximate surface area is 120 Å². The molecule has 0 saturated carbocycles. The van der Waals surface area contributed by atoms with E-state index >= 15 is 0 Å². The van der Waals surface area contributed by atoms with Gasteiger partial charge in [-0.1, -0.05) is 23.7 Å². The predicted octanol–water partition coefficient (Wildman–Crippen LogP) is 1.41. The zero-order valence-electron chi connectivity index (χ0n) is 10.9. The summed E-state index contributed by atoms with van der Waals surface area (Å²) >= 11 is 6.20. The number of carbonyl (C=O) groups excluding carboxylic acids is 3. The molecule has 2 aliphatic heterocycles. The van der Waals surface area contributed by atoms with E-state index in [0.29, 0.717) is 23.6 Å². The van der Waals surface area contributed by atoms with Crippen molar-refractivity contribution in [3.63, 3.8) is 0 Å². The molecule has 1 N–H and O–H groups in total. The van der Waals surface area contributed by atoms with Gasteiger partial charge in [0.15, 0.2) is 0 Å². The van der Waals surface area contributed by atoms with Crippen molar-refractivity contribution in [1.29, 1.82) is 0 Å². The lowest BCUT2D eigenvalue weighted by atomic mass is 10.0. The number of hydrogen-bond acceptors (Lipinski definition) is 3. The molecule has 1 aromatic rings. The smallest absolute Gasteiger partial charge is 0.256 e. The molecule has 3 amide bonds. The van der Waals surface area contributed by atoms with Gasteiger partial charge in [-0.2, -0.15) is 0 Å². The van der Waals surface area contributed by atoms with Gasteiger partial charge in [0.1, 0.15) is 6.04 Å². The normalized spacial score (nSPS) is 22.0. The summed E-state index contributed by atoms with van der Waals surface area (Å²) in [4.78, 5) is 37.0. The Morgan fingerprint density at radius 1 is 1.30 bits per heavy atom. The number of aryl methyl sites for hydroxylation is 1. The average Bonchev–Trinajstić information content (AvgIpc) is 2.72. The summed E-state index contributed by atoms with van der Waals surface area (Å²) in [5.41, 5.74) is 2.15. The van der Waals surface area contributed by atoms with Gasteiger partial charge in [-0.3, -0.25) is 19.7 Å². The fourth-order valence-electron chi connectivity index (χ4n) is 2.71. The molecule has 0 radical (unpaired) electrons. The first-order valence-electron chi connectivity index (χ1n) is 6.41. The summed E-state index contributed by atoms with van der Waals surface area (Å²) in [7, 11) is 0. The molecule has 1 unspecified atom stereocenters. The van der Waals surface area contributed by atoms with Gasteiger partial charge in [0.05, 0.1) is 10.6 Å². The molecule has 1 aromatic carbocycles. The highest BCUT2D eigenvalue weighted by Crippen LogP contribution is 2.33. The number of benzene rings is 1. The summed E-state index contributed by atoms with van der Waals surface area (Å²) in [5, 5.41) is 2.72. The zero-order valence-corrected chi connectivity index (χ0v) is 11.7. The molecule has 0 spiro atoms. The molecule has 0 aliphatic carbocycles. The van der Waals surface area contributed by atoms with Crippen molar-refractivity contribution in [2.24, 2.45) is 0 Å². The van der Waals surface area contributed by atoms with Crippen LogP contribution in [0.5, 0.6) is 0 Å². The number of piperidine rings is 1. The van der Waals surface area contributed by atoms with Crippen LogP contribution in [0.15, 0.2) is 12.1 Å². The van der Waals surface area contributed by atoms with Crippen LogP contribution in [0.2, 0.25) is 5.02 Å². The summed E-state index contributed by atoms with van der Waals surface area (Å²) in [5.74, 6) is -0.928. The maximum atomic E-state index is 12.5. The number of hydrogen-bond donors (Lipinski definition) is 1. The van der Waals surface area contributed by atoms with Crippen LogP contribution in [-0.2, 0) is 16.1 Å². The van der Waals surface area contributed by atoms with Crippen molar-refractivity contribution >= 4 is 29.3 Å². The molecule has 0 bridgehead atoms. The average molecular weight is 293 g/mol. The molecule has 20 heavy (non-hydrogen) atoms. The zero-order chi connectivity index (χ0) is 14.4. The van der Waals surface area contributed by atoms with E-state index < -0.39 is 11.9 Å². The topological polar surface area (TPSA) is 66.5 Å². The van der Waals surface area contributed by atoms with Crippen LogP contribution in [0.25, 0.3) is 0 Å². The van der Waals surface area contributed by atoms with E-state index in [2.05, 4.69) is 5.32 Å². The van der Waals surface area contributed by atoms with Gasteiger partial charge in [-0.05, 0) is 24.5 Å². The molecule has 3 rings (SSSR count). The second-order valence-electron chi connectivity index (χ2n) is 5.13. The van der Waals surface area contributed by atoms with E-state index in [1.807, 2.05) is 19.1 Å². The van der Waals surface area contributed by atoms with E-state index in [1.54, 1.807) is 0 Å². The first-order valence-corrected chi connectivity index (χ1v) is 6.79. The van der Waals surface area contributed by atoms with Crippen molar-refractivity contribution in [2.45, 2.75) is 32.4 Å². The van der Waals surface area contributed by atoms with Crippen LogP contribution in [0.4, 0.5) is 0 Å². The monoisotopic (exact) mass is 292 g/mol. The van der Waals surface area contributed by atoms with E-state index in [-0.39, 0.29) is 18.2 Å². The van der Waals surface area contributed by atoms with E-state index in [9.17, 15) is 14.4 Å². The van der Waals surface area contributed by atoms with Crippen molar-refractivity contribution < 1.29 is 14.4 Å². The fourth-order valence-corrected chi connectivity index (χ4v) is 2.98. The number of amides is 3. The summed E-state index contributed by atoms with van der Waals surface area (Å²) in [6.07, 6.45) is 0.615. The number of nitrogens with one attached hydrogen (secondary N) is 1. The van der Waals surface area contributed by atoms with E-state index in [0.717, 1.165) is 11.1 Å². The van der Waals surface area contributed by atoms with Crippen molar-refractivity contribution in [2.75, 3.05) is 0 Å². The van der Waals surface area contributed by atoms with Gasteiger partial charge in [0.25, 0.3) is 5.91 Å². The van der Waals surface area contributed by atoms with Crippen molar-refractivity contribution in [3.8, 4) is 0 Å². The number of carbonyl (C=O) groups is 3. The lowest BCUT2D eigenvalue weighted by molar-refractivity contribution is -0.136. The second kappa shape index (κ2) is 4.59. The Morgan fingerprint density at radius 2 is 2.05 bits per heavy atom. The van der Waals surface area contributed by atoms with Gasteiger partial charge in [-0.25, -0.2) is 0 Å². The first-order chi connectivity index (χ1) is 9.49. The maximum Gasteiger partial charge on any atom is 0.256 e. The molecule has 5 nitrogen and oxygen atoms in total. The number of halogens is 1. The third kappa shape index (κ3) is 1.89. The third-order valence-corrected chi connectivity index (χ3v) is 4.31. The van der Waals surface area contributed by atoms with Crippen LogP contribution in [-0.4, -0.2) is 28.7 Å². The molecule has 1 saturated heterocycles. The Balaban J connectivity index is 1.93. The van der Waals surface area contributed by atoms with E-state index in [1.165, 1.54) is 4.90 Å². The molecule has 1 fully saturated rings. The molecule has 104 valence electrons. The second-order valence-corrected chi connectivity index (χ2v) is 5.51. The Hall–Kier alpha value is -1.88. The van der Waals surface area contributed by atoms with Crippen LogP contribution in [0, 0.1) is 6.92 Å². The minimum absolute atomic E-state index is 0.233. The van der Waals surface area contributed by atoms with Gasteiger partial charge in [0, 0.05) is 13.0 Å². The number of nitrogens with zero attached hydrogens (tertiary/aromatic N) is 1. The Kier molecular flexibility index (Phi) is 3.01. The highest BCUT2D eigenvalue weighted by Gasteiger charge is 2.40. The molecular formula is C14H13ClN2O3. The highest BCUT2D eigenvalue weighted by atomic mass is 35.5. The summed E-state index contributed by atoms with van der Waals surface area (Å²) < 4.78 is 0. The minimum atomic E-state index is -0.594. The van der Waals surface area contributed by atoms with Crippen LogP contribution in [0.1, 0.15) is 34.3 Å². The quantitative estimate of drug-likeness (QED) is 0.796. The largest absolute Gasteiger partial charge is 0.322 e. The summed E-state index contributed by atoms with van der Waals surface area (Å²) in [6, 6.07) is 3.13. The predicted molar refractivity (Wildman–Crippen MR) is 72.2 cm³/mol. The molecular weight excluding hydrogens is 280 g/mol. The lowest BCUT2D eigenvalue weighted by Gasteiger charge is -2.29. The van der Waals surface area contributed by atoms with Gasteiger partial charge in [0.2, 0.25) is 11.8 Å². The third-order valence-electron chi connectivity index (χ3n) is 3.82. The number of fused-ring (bicyclic) bond motifs is 1. The fraction of sp³-hybridized carbons (Fsp3) is 0.357. The molecule has 2 heterocycles. The van der Waals surface area contributed by atoms with Crippen LogP contribution < -0.4 is 5.32 Å². The van der Waals surface area contributed by atoms with Crippen LogP contribution in [0.3, 0.4) is 0 Å². The van der Waals surface area contributed by atoms with Gasteiger partial charge in [-0.15, -0.1) is 0 Å². The lowest BCUT2D eigenvalue weighted by Crippen LogP contribution is -2.52. The SMILES string of the molecule is Cc1ccc2c(c1Cl)C(=O)N(C1CCC(=O)NC1=O)C2. The standard InChI is InChI=1S/C14H13ClN2O3/c1-7-2-3-8-6-17(14(20)11(8)12(7)15)9-4-5-10(18)16-13(9)19/h2-3,9H,4-6H2,1H3,(H,16,18,19). The first kappa shape index (κ1) is 13.1. The Bertz CT molecular complexity index is 642. The molecule has 0 aromatic heterocycles. The minimum Gasteiger partial charge on any atom is -0.322 e.